The Balaban J connectivity index is 3.01. The first-order chi connectivity index (χ1) is 4.24. The molecule has 9 heavy (non-hydrogen) atoms. The molecule has 0 aliphatic rings. The lowest BCUT2D eigenvalue weighted by molar-refractivity contribution is 0.913. The zero-order chi connectivity index (χ0) is 6.85. The fraction of sp³-hybridized carbons (Fsp3) is 0.400. The van der Waals surface area contributed by atoms with Crippen molar-refractivity contribution in [2.45, 2.75) is 13.8 Å². The molecule has 1 aromatic rings. The van der Waals surface area contributed by atoms with E-state index in [2.05, 4.69) is 5.10 Å². The summed E-state index contributed by atoms with van der Waals surface area (Å²) in [5, 5.41) is 4.06. The van der Waals surface area contributed by atoms with E-state index in [1.807, 2.05) is 19.9 Å². The zero-order valence-electron chi connectivity index (χ0n) is 5.63. The van der Waals surface area contributed by atoms with Gasteiger partial charge in [-0.25, -0.2) is 0 Å². The van der Waals surface area contributed by atoms with Crippen molar-refractivity contribution < 1.29 is 0 Å². The predicted octanol–water partition coefficient (Wildman–Crippen LogP) is -0.159. The van der Waals surface area contributed by atoms with Crippen LogP contribution >= 0.6 is 0 Å². The molecular formula is C5H9BN3. The van der Waals surface area contributed by atoms with Crippen LogP contribution in [0.25, 0.3) is 0 Å². The average Bonchev–Trinajstić information content (AvgIpc) is 2.10. The van der Waals surface area contributed by atoms with Crippen LogP contribution < -0.4 is 5.64 Å². The fourth-order valence-corrected chi connectivity index (χ4v) is 0.797. The Morgan fingerprint density at radius 3 is 2.56 bits per heavy atom. The van der Waals surface area contributed by atoms with E-state index in [0.717, 1.165) is 11.4 Å². The van der Waals surface area contributed by atoms with Crippen molar-refractivity contribution in [1.29, 1.82) is 0 Å². The molecule has 0 fully saturated rings. The van der Waals surface area contributed by atoms with Gasteiger partial charge >= 0.3 is 7.55 Å². The van der Waals surface area contributed by atoms with Crippen LogP contribution in [0.1, 0.15) is 11.4 Å². The molecule has 0 aliphatic carbocycles. The highest BCUT2D eigenvalue weighted by molar-refractivity contribution is 6.28. The van der Waals surface area contributed by atoms with Crippen LogP contribution in [0.4, 0.5) is 0 Å². The number of nitrogens with zero attached hydrogens (tertiary/aromatic N) is 2. The largest absolute Gasteiger partial charge is 0.371 e. The third kappa shape index (κ3) is 1.13. The van der Waals surface area contributed by atoms with Crippen LogP contribution in [0.3, 0.4) is 0 Å². The lowest BCUT2D eigenvalue weighted by Gasteiger charge is -1.93. The lowest BCUT2D eigenvalue weighted by atomic mass is 10.2. The van der Waals surface area contributed by atoms with Gasteiger partial charge < -0.3 is 5.64 Å². The Labute approximate surface area is 55.1 Å². The summed E-state index contributed by atoms with van der Waals surface area (Å²) in [6.45, 7) is 3.90. The number of hydrogen-bond acceptors (Lipinski definition) is 2. The Hall–Kier alpha value is -0.765. The van der Waals surface area contributed by atoms with Crippen LogP contribution in [-0.4, -0.2) is 17.2 Å². The van der Waals surface area contributed by atoms with Gasteiger partial charge in [-0.15, -0.1) is 0 Å². The van der Waals surface area contributed by atoms with E-state index >= 15 is 0 Å². The van der Waals surface area contributed by atoms with E-state index < -0.39 is 0 Å². The minimum Gasteiger partial charge on any atom is -0.353 e. The number of aryl methyl sites for hydroxylation is 2. The second-order valence-electron chi connectivity index (χ2n) is 2.02. The molecule has 0 saturated carbocycles. The van der Waals surface area contributed by atoms with Gasteiger partial charge in [0.2, 0.25) is 0 Å². The van der Waals surface area contributed by atoms with E-state index in [4.69, 9.17) is 5.64 Å². The van der Waals surface area contributed by atoms with Crippen molar-refractivity contribution in [2.75, 3.05) is 0 Å². The smallest absolute Gasteiger partial charge is 0.353 e. The summed E-state index contributed by atoms with van der Waals surface area (Å²) in [7, 11) is 1.45. The number of aromatic nitrogens is 2. The maximum absolute atomic E-state index is 5.24. The first kappa shape index (κ1) is 6.36. The molecule has 1 aromatic heterocycles. The van der Waals surface area contributed by atoms with Gasteiger partial charge in [-0.1, -0.05) is 0 Å². The minimum absolute atomic E-state index is 0.995. The molecule has 0 atom stereocenters. The summed E-state index contributed by atoms with van der Waals surface area (Å²) < 4.78 is 1.65. The molecule has 0 amide bonds. The predicted molar refractivity (Wildman–Crippen MR) is 37.0 cm³/mol. The van der Waals surface area contributed by atoms with Crippen LogP contribution in [0, 0.1) is 13.8 Å². The maximum atomic E-state index is 5.24. The molecule has 0 spiro atoms. The molecule has 1 heterocycles. The van der Waals surface area contributed by atoms with Gasteiger partial charge in [-0.2, -0.15) is 5.10 Å². The molecular weight excluding hydrogens is 113 g/mol. The Kier molecular flexibility index (Phi) is 1.57. The summed E-state index contributed by atoms with van der Waals surface area (Å²) in [5.74, 6) is 0. The zero-order valence-corrected chi connectivity index (χ0v) is 5.63. The van der Waals surface area contributed by atoms with Crippen LogP contribution in [0.2, 0.25) is 0 Å². The number of nitrogens with two attached hydrogens (primary N) is 1. The van der Waals surface area contributed by atoms with Gasteiger partial charge in [0.05, 0.1) is 5.69 Å². The second-order valence-corrected chi connectivity index (χ2v) is 2.02. The van der Waals surface area contributed by atoms with Crippen molar-refractivity contribution in [3.05, 3.63) is 17.5 Å². The SMILES string of the molecule is Cc1cc(C)n([B]N)n1. The Bertz CT molecular complexity index is 206. The third-order valence-electron chi connectivity index (χ3n) is 1.19. The first-order valence-corrected chi connectivity index (χ1v) is 2.82. The highest BCUT2D eigenvalue weighted by atomic mass is 15.2. The number of rotatable bonds is 1. The van der Waals surface area contributed by atoms with Crippen molar-refractivity contribution in [3.63, 3.8) is 0 Å². The van der Waals surface area contributed by atoms with Crippen molar-refractivity contribution in [1.82, 2.24) is 9.69 Å². The molecule has 3 nitrogen and oxygen atoms in total. The van der Waals surface area contributed by atoms with Gasteiger partial charge in [0.1, 0.15) is 0 Å². The van der Waals surface area contributed by atoms with Crippen LogP contribution in [0.15, 0.2) is 6.07 Å². The minimum atomic E-state index is 0.995. The molecule has 0 aromatic carbocycles. The Morgan fingerprint density at radius 1 is 1.67 bits per heavy atom. The van der Waals surface area contributed by atoms with Gasteiger partial charge in [0.25, 0.3) is 0 Å². The molecule has 0 bridgehead atoms. The Morgan fingerprint density at radius 2 is 2.33 bits per heavy atom. The van der Waals surface area contributed by atoms with Crippen LogP contribution in [0.5, 0.6) is 0 Å². The van der Waals surface area contributed by atoms with Crippen molar-refractivity contribution >= 4 is 7.55 Å². The van der Waals surface area contributed by atoms with E-state index in [1.54, 1.807) is 4.59 Å². The third-order valence-corrected chi connectivity index (χ3v) is 1.19. The van der Waals surface area contributed by atoms with Gasteiger partial charge in [-0.05, 0) is 19.9 Å². The quantitative estimate of drug-likeness (QED) is 0.526. The highest BCUT2D eigenvalue weighted by Gasteiger charge is 1.97. The molecule has 47 valence electrons. The average molecular weight is 122 g/mol. The standard InChI is InChI=1S/C5H9BN3/c1-4-3-5(2)9(6-7)8-4/h3H,7H2,1-2H3. The topological polar surface area (TPSA) is 43.8 Å². The highest BCUT2D eigenvalue weighted by Crippen LogP contribution is 1.97. The molecule has 0 aliphatic heterocycles. The van der Waals surface area contributed by atoms with Crippen molar-refractivity contribution in [2.24, 2.45) is 5.64 Å². The fourth-order valence-electron chi connectivity index (χ4n) is 0.797. The number of hydrogen-bond donors (Lipinski definition) is 1. The van der Waals surface area contributed by atoms with Gasteiger partial charge in [0.15, 0.2) is 0 Å². The second kappa shape index (κ2) is 2.23. The van der Waals surface area contributed by atoms with E-state index in [-0.39, 0.29) is 0 Å². The lowest BCUT2D eigenvalue weighted by Crippen LogP contribution is -2.19. The molecule has 1 radical (unpaired) electrons. The summed E-state index contributed by atoms with van der Waals surface area (Å²) >= 11 is 0. The summed E-state index contributed by atoms with van der Waals surface area (Å²) in [5.41, 5.74) is 7.30. The maximum Gasteiger partial charge on any atom is 0.371 e. The van der Waals surface area contributed by atoms with E-state index in [0.29, 0.717) is 0 Å². The first-order valence-electron chi connectivity index (χ1n) is 2.82. The van der Waals surface area contributed by atoms with Gasteiger partial charge in [0, 0.05) is 5.69 Å². The van der Waals surface area contributed by atoms with Crippen LogP contribution in [-0.2, 0) is 0 Å². The summed E-state index contributed by atoms with van der Waals surface area (Å²) in [4.78, 5) is 0. The molecule has 1 rings (SSSR count). The molecule has 4 heteroatoms. The van der Waals surface area contributed by atoms with Gasteiger partial charge in [-0.3, -0.25) is 4.59 Å². The molecule has 0 unspecified atom stereocenters. The van der Waals surface area contributed by atoms with Crippen molar-refractivity contribution in [3.8, 4) is 0 Å². The summed E-state index contributed by atoms with van der Waals surface area (Å²) in [6, 6.07) is 1.98. The summed E-state index contributed by atoms with van der Waals surface area (Å²) in [6.07, 6.45) is 0. The van der Waals surface area contributed by atoms with E-state index in [1.165, 1.54) is 7.55 Å². The monoisotopic (exact) mass is 122 g/mol. The molecule has 0 saturated heterocycles. The normalized spacial score (nSPS) is 9.67. The molecule has 2 N–H and O–H groups in total. The van der Waals surface area contributed by atoms with E-state index in [9.17, 15) is 0 Å².